The lowest BCUT2D eigenvalue weighted by Crippen LogP contribution is -2.43. The van der Waals surface area contributed by atoms with Gasteiger partial charge in [0.2, 0.25) is 0 Å². The van der Waals surface area contributed by atoms with Gasteiger partial charge in [-0.3, -0.25) is 9.59 Å². The molecule has 5 heteroatoms. The van der Waals surface area contributed by atoms with Gasteiger partial charge in [-0.15, -0.1) is 0 Å². The minimum Gasteiger partial charge on any atom is -0.481 e. The van der Waals surface area contributed by atoms with Crippen molar-refractivity contribution in [2.45, 2.75) is 46.1 Å². The molecule has 0 fully saturated rings. The van der Waals surface area contributed by atoms with Gasteiger partial charge < -0.3 is 14.8 Å². The van der Waals surface area contributed by atoms with Crippen molar-refractivity contribution < 1.29 is 19.1 Å². The van der Waals surface area contributed by atoms with E-state index >= 15 is 0 Å². The second-order valence-electron chi connectivity index (χ2n) is 6.24. The fraction of sp³-hybridized carbons (Fsp3) is 0.412. The number of carboxylic acid groups (broad SMARTS) is 1. The van der Waals surface area contributed by atoms with Crippen LogP contribution in [-0.4, -0.2) is 22.5 Å². The summed E-state index contributed by atoms with van der Waals surface area (Å²) in [6.07, 6.45) is 0.359. The summed E-state index contributed by atoms with van der Waals surface area (Å²) in [6.45, 7) is 7.39. The molecule has 0 saturated heterocycles. The molecule has 1 heterocycles. The maximum Gasteiger partial charge on any atom is 0.303 e. The van der Waals surface area contributed by atoms with Crippen LogP contribution in [0.25, 0.3) is 11.0 Å². The number of benzene rings is 1. The topological polar surface area (TPSA) is 79.5 Å². The Bertz CT molecular complexity index is 728. The smallest absolute Gasteiger partial charge is 0.303 e. The lowest BCUT2D eigenvalue weighted by molar-refractivity contribution is -0.137. The third kappa shape index (κ3) is 3.30. The molecule has 1 aromatic carbocycles. The number of aliphatic carboxylic acids is 1. The van der Waals surface area contributed by atoms with Gasteiger partial charge in [0.15, 0.2) is 5.76 Å². The summed E-state index contributed by atoms with van der Waals surface area (Å²) in [5.74, 6) is -0.908. The standard InChI is InChI=1S/C17H21NO4/c1-10-6-5-7-12-11(2)15(22-14(10)12)16(21)18-17(3,4)9-8-13(19)20/h5-7H,8-9H2,1-4H3,(H,18,21)(H,19,20). The van der Waals surface area contributed by atoms with Crippen molar-refractivity contribution in [3.63, 3.8) is 0 Å². The molecule has 1 aromatic heterocycles. The first-order valence-electron chi connectivity index (χ1n) is 7.24. The van der Waals surface area contributed by atoms with Crippen LogP contribution >= 0.6 is 0 Å². The van der Waals surface area contributed by atoms with Crippen molar-refractivity contribution in [1.82, 2.24) is 5.32 Å². The Morgan fingerprint density at radius 2 is 1.95 bits per heavy atom. The molecule has 0 atom stereocenters. The normalized spacial score (nSPS) is 11.6. The van der Waals surface area contributed by atoms with Crippen LogP contribution < -0.4 is 5.32 Å². The third-order valence-electron chi connectivity index (χ3n) is 3.78. The van der Waals surface area contributed by atoms with E-state index in [9.17, 15) is 9.59 Å². The average molecular weight is 303 g/mol. The van der Waals surface area contributed by atoms with Gasteiger partial charge >= 0.3 is 5.97 Å². The highest BCUT2D eigenvalue weighted by Gasteiger charge is 2.26. The molecule has 0 unspecified atom stereocenters. The van der Waals surface area contributed by atoms with E-state index in [4.69, 9.17) is 9.52 Å². The molecule has 118 valence electrons. The van der Waals surface area contributed by atoms with Crippen LogP contribution in [0.3, 0.4) is 0 Å². The van der Waals surface area contributed by atoms with Crippen molar-refractivity contribution in [2.24, 2.45) is 0 Å². The molecular weight excluding hydrogens is 282 g/mol. The SMILES string of the molecule is Cc1c(C(=O)NC(C)(C)CCC(=O)O)oc2c(C)cccc12. The Labute approximate surface area is 129 Å². The Balaban J connectivity index is 2.25. The molecule has 0 spiro atoms. The van der Waals surface area contributed by atoms with Crippen molar-refractivity contribution in [3.05, 3.63) is 35.1 Å². The number of nitrogens with one attached hydrogen (secondary N) is 1. The molecule has 1 amide bonds. The van der Waals surface area contributed by atoms with E-state index in [1.54, 1.807) is 13.8 Å². The summed E-state index contributed by atoms with van der Waals surface area (Å²) >= 11 is 0. The lowest BCUT2D eigenvalue weighted by atomic mass is 9.98. The highest BCUT2D eigenvalue weighted by atomic mass is 16.4. The number of fused-ring (bicyclic) bond motifs is 1. The van der Waals surface area contributed by atoms with Crippen LogP contribution in [0.4, 0.5) is 0 Å². The minimum atomic E-state index is -0.877. The fourth-order valence-corrected chi connectivity index (χ4v) is 2.45. The van der Waals surface area contributed by atoms with E-state index in [1.807, 2.05) is 32.0 Å². The average Bonchev–Trinajstić information content (AvgIpc) is 2.76. The summed E-state index contributed by atoms with van der Waals surface area (Å²) < 4.78 is 5.73. The maximum atomic E-state index is 12.5. The van der Waals surface area contributed by atoms with Gasteiger partial charge in [0.05, 0.1) is 0 Å². The van der Waals surface area contributed by atoms with Gasteiger partial charge in [-0.2, -0.15) is 0 Å². The molecular formula is C17H21NO4. The van der Waals surface area contributed by atoms with Gasteiger partial charge in [-0.1, -0.05) is 18.2 Å². The molecule has 0 saturated carbocycles. The van der Waals surface area contributed by atoms with E-state index in [1.165, 1.54) is 0 Å². The van der Waals surface area contributed by atoms with Crippen LogP contribution in [0.15, 0.2) is 22.6 Å². The molecule has 2 rings (SSSR count). The monoisotopic (exact) mass is 303 g/mol. The second-order valence-corrected chi connectivity index (χ2v) is 6.24. The number of rotatable bonds is 5. The van der Waals surface area contributed by atoms with Gasteiger partial charge in [0, 0.05) is 22.9 Å². The Morgan fingerprint density at radius 1 is 1.27 bits per heavy atom. The molecule has 0 aliphatic rings. The van der Waals surface area contributed by atoms with Gasteiger partial charge in [0.1, 0.15) is 5.58 Å². The molecule has 0 bridgehead atoms. The zero-order chi connectivity index (χ0) is 16.5. The maximum absolute atomic E-state index is 12.5. The van der Waals surface area contributed by atoms with Crippen molar-refractivity contribution in [3.8, 4) is 0 Å². The Kier molecular flexibility index (Phi) is 4.26. The van der Waals surface area contributed by atoms with Crippen LogP contribution in [0.1, 0.15) is 48.4 Å². The number of aryl methyl sites for hydroxylation is 2. The van der Waals surface area contributed by atoms with E-state index in [2.05, 4.69) is 5.32 Å². The number of furan rings is 1. The Morgan fingerprint density at radius 3 is 2.55 bits per heavy atom. The molecule has 0 radical (unpaired) electrons. The highest BCUT2D eigenvalue weighted by Crippen LogP contribution is 2.28. The van der Waals surface area contributed by atoms with Gasteiger partial charge in [0.25, 0.3) is 5.91 Å². The first kappa shape index (κ1) is 16.1. The highest BCUT2D eigenvalue weighted by molar-refractivity contribution is 5.99. The summed E-state index contributed by atoms with van der Waals surface area (Å²) in [5.41, 5.74) is 1.87. The molecule has 2 N–H and O–H groups in total. The summed E-state index contributed by atoms with van der Waals surface area (Å²) in [6, 6.07) is 5.79. The zero-order valence-corrected chi connectivity index (χ0v) is 13.3. The van der Waals surface area contributed by atoms with Crippen molar-refractivity contribution in [2.75, 3.05) is 0 Å². The molecule has 2 aromatic rings. The zero-order valence-electron chi connectivity index (χ0n) is 13.3. The number of carbonyl (C=O) groups excluding carboxylic acids is 1. The number of hydrogen-bond donors (Lipinski definition) is 2. The van der Waals surface area contributed by atoms with Crippen LogP contribution in [0, 0.1) is 13.8 Å². The van der Waals surface area contributed by atoms with Crippen LogP contribution in [0.2, 0.25) is 0 Å². The quantitative estimate of drug-likeness (QED) is 0.887. The molecule has 22 heavy (non-hydrogen) atoms. The number of carbonyl (C=O) groups is 2. The van der Waals surface area contributed by atoms with Gasteiger partial charge in [-0.25, -0.2) is 0 Å². The van der Waals surface area contributed by atoms with Crippen molar-refractivity contribution in [1.29, 1.82) is 0 Å². The molecule has 0 aliphatic heterocycles. The fourth-order valence-electron chi connectivity index (χ4n) is 2.45. The largest absolute Gasteiger partial charge is 0.481 e. The van der Waals surface area contributed by atoms with Gasteiger partial charge in [-0.05, 0) is 39.7 Å². The van der Waals surface area contributed by atoms with E-state index < -0.39 is 11.5 Å². The summed E-state index contributed by atoms with van der Waals surface area (Å²) in [4.78, 5) is 23.1. The van der Waals surface area contributed by atoms with Crippen molar-refractivity contribution >= 4 is 22.8 Å². The number of hydrogen-bond acceptors (Lipinski definition) is 3. The first-order valence-corrected chi connectivity index (χ1v) is 7.24. The van der Waals surface area contributed by atoms with E-state index in [0.717, 1.165) is 16.5 Å². The number of para-hydroxylation sites is 1. The van der Waals surface area contributed by atoms with E-state index in [-0.39, 0.29) is 18.1 Å². The van der Waals surface area contributed by atoms with E-state index in [0.29, 0.717) is 12.0 Å². The molecule has 5 nitrogen and oxygen atoms in total. The summed E-state index contributed by atoms with van der Waals surface area (Å²) in [5, 5.41) is 12.5. The lowest BCUT2D eigenvalue weighted by Gasteiger charge is -2.25. The summed E-state index contributed by atoms with van der Waals surface area (Å²) in [7, 11) is 0. The predicted octanol–water partition coefficient (Wildman–Crippen LogP) is 3.42. The number of carboxylic acids is 1. The predicted molar refractivity (Wildman–Crippen MR) is 84.1 cm³/mol. The second kappa shape index (κ2) is 5.83. The van der Waals surface area contributed by atoms with Crippen LogP contribution in [0.5, 0.6) is 0 Å². The van der Waals surface area contributed by atoms with Crippen LogP contribution in [-0.2, 0) is 4.79 Å². The number of amides is 1. The Hall–Kier alpha value is -2.30. The third-order valence-corrected chi connectivity index (χ3v) is 3.78. The molecule has 0 aliphatic carbocycles. The minimum absolute atomic E-state index is 0.00546. The first-order chi connectivity index (χ1) is 10.2.